The predicted molar refractivity (Wildman–Crippen MR) is 66.8 cm³/mol. The van der Waals surface area contributed by atoms with Crippen LogP contribution in [0.2, 0.25) is 5.15 Å². The average Bonchev–Trinajstić information content (AvgIpc) is 2.08. The molecule has 0 atom stereocenters. The number of hydrogen-bond donors (Lipinski definition) is 1. The predicted octanol–water partition coefficient (Wildman–Crippen LogP) is 3.84. The molecular formula is C10H12BrClN2O2. The lowest BCUT2D eigenvalue weighted by Gasteiger charge is -2.19. The van der Waals surface area contributed by atoms with Crippen LogP contribution in [-0.2, 0) is 4.74 Å². The number of carbonyl (C=O) groups is 1. The van der Waals surface area contributed by atoms with Gasteiger partial charge in [-0.05, 0) is 48.8 Å². The van der Waals surface area contributed by atoms with E-state index in [1.165, 1.54) is 0 Å². The lowest BCUT2D eigenvalue weighted by molar-refractivity contribution is 0.0635. The molecule has 0 aromatic carbocycles. The van der Waals surface area contributed by atoms with Crippen LogP contribution in [0.3, 0.4) is 0 Å². The van der Waals surface area contributed by atoms with Gasteiger partial charge in [-0.1, -0.05) is 11.6 Å². The molecule has 0 spiro atoms. The van der Waals surface area contributed by atoms with E-state index in [2.05, 4.69) is 26.2 Å². The summed E-state index contributed by atoms with van der Waals surface area (Å²) in [6.45, 7) is 5.36. The van der Waals surface area contributed by atoms with E-state index >= 15 is 0 Å². The Labute approximate surface area is 107 Å². The van der Waals surface area contributed by atoms with Gasteiger partial charge in [0.2, 0.25) is 0 Å². The van der Waals surface area contributed by atoms with E-state index in [1.54, 1.807) is 32.9 Å². The second-order valence-electron chi connectivity index (χ2n) is 4.10. The summed E-state index contributed by atoms with van der Waals surface area (Å²) in [4.78, 5) is 15.3. The van der Waals surface area contributed by atoms with Gasteiger partial charge in [0.1, 0.15) is 16.6 Å². The molecule has 1 heterocycles. The summed E-state index contributed by atoms with van der Waals surface area (Å²) in [6, 6.07) is 3.32. The van der Waals surface area contributed by atoms with Crippen LogP contribution in [0.4, 0.5) is 10.6 Å². The monoisotopic (exact) mass is 306 g/mol. The number of aromatic nitrogens is 1. The molecule has 0 aliphatic carbocycles. The maximum Gasteiger partial charge on any atom is 0.413 e. The molecule has 0 saturated heterocycles. The number of carbonyl (C=O) groups excluding carboxylic acids is 1. The molecule has 0 unspecified atom stereocenters. The van der Waals surface area contributed by atoms with Gasteiger partial charge in [-0.25, -0.2) is 9.78 Å². The molecule has 1 amide bonds. The Kier molecular flexibility index (Phi) is 4.15. The largest absolute Gasteiger partial charge is 0.444 e. The van der Waals surface area contributed by atoms with Crippen molar-refractivity contribution in [2.24, 2.45) is 0 Å². The molecule has 88 valence electrons. The Morgan fingerprint density at radius 1 is 1.50 bits per heavy atom. The number of ether oxygens (including phenoxy) is 1. The van der Waals surface area contributed by atoms with Gasteiger partial charge in [0.15, 0.2) is 0 Å². The third-order valence-electron chi connectivity index (χ3n) is 1.43. The highest BCUT2D eigenvalue weighted by atomic mass is 79.9. The second kappa shape index (κ2) is 5.01. The smallest absolute Gasteiger partial charge is 0.413 e. The molecule has 16 heavy (non-hydrogen) atoms. The van der Waals surface area contributed by atoms with Crippen molar-refractivity contribution in [3.8, 4) is 0 Å². The van der Waals surface area contributed by atoms with Crippen LogP contribution in [0.1, 0.15) is 20.8 Å². The molecule has 1 aromatic heterocycles. The minimum absolute atomic E-state index is 0.286. The topological polar surface area (TPSA) is 51.2 Å². The van der Waals surface area contributed by atoms with Gasteiger partial charge in [-0.2, -0.15) is 0 Å². The Hall–Kier alpha value is -0.810. The van der Waals surface area contributed by atoms with Gasteiger partial charge in [-0.3, -0.25) is 5.32 Å². The van der Waals surface area contributed by atoms with Gasteiger partial charge in [0, 0.05) is 0 Å². The van der Waals surface area contributed by atoms with Crippen LogP contribution in [-0.4, -0.2) is 16.7 Å². The number of pyridine rings is 1. The zero-order valence-electron chi connectivity index (χ0n) is 9.17. The summed E-state index contributed by atoms with van der Waals surface area (Å²) in [6.07, 6.45) is -0.557. The normalized spacial score (nSPS) is 11.1. The average molecular weight is 308 g/mol. The fraction of sp³-hybridized carbons (Fsp3) is 0.400. The van der Waals surface area contributed by atoms with Crippen molar-refractivity contribution in [3.63, 3.8) is 0 Å². The summed E-state index contributed by atoms with van der Waals surface area (Å²) in [5.74, 6) is 0.349. The van der Waals surface area contributed by atoms with E-state index < -0.39 is 11.7 Å². The molecule has 6 heteroatoms. The summed E-state index contributed by atoms with van der Waals surface area (Å²) >= 11 is 8.99. The number of rotatable bonds is 1. The highest BCUT2D eigenvalue weighted by molar-refractivity contribution is 9.10. The Balaban J connectivity index is 2.67. The number of amides is 1. The first-order valence-electron chi connectivity index (χ1n) is 4.60. The Morgan fingerprint density at radius 2 is 2.12 bits per heavy atom. The molecule has 0 aliphatic rings. The highest BCUT2D eigenvalue weighted by Gasteiger charge is 2.16. The second-order valence-corrected chi connectivity index (χ2v) is 5.31. The minimum Gasteiger partial charge on any atom is -0.444 e. The van der Waals surface area contributed by atoms with E-state index in [1.807, 2.05) is 0 Å². The maximum absolute atomic E-state index is 11.4. The molecule has 1 aromatic rings. The first kappa shape index (κ1) is 13.3. The molecule has 4 nitrogen and oxygen atoms in total. The molecule has 0 bridgehead atoms. The molecular weight excluding hydrogens is 295 g/mol. The quantitative estimate of drug-likeness (QED) is 0.802. The van der Waals surface area contributed by atoms with Crippen LogP contribution in [0.5, 0.6) is 0 Å². The van der Waals surface area contributed by atoms with E-state index in [4.69, 9.17) is 16.3 Å². The van der Waals surface area contributed by atoms with Crippen molar-refractivity contribution in [3.05, 3.63) is 21.8 Å². The van der Waals surface area contributed by atoms with E-state index in [-0.39, 0.29) is 5.15 Å². The maximum atomic E-state index is 11.4. The van der Waals surface area contributed by atoms with Gasteiger partial charge in [0.05, 0.1) is 4.47 Å². The van der Waals surface area contributed by atoms with E-state index in [0.29, 0.717) is 10.3 Å². The van der Waals surface area contributed by atoms with Gasteiger partial charge >= 0.3 is 6.09 Å². The van der Waals surface area contributed by atoms with Crippen molar-refractivity contribution in [2.75, 3.05) is 5.32 Å². The first-order chi connectivity index (χ1) is 7.28. The molecule has 0 fully saturated rings. The molecule has 1 N–H and O–H groups in total. The van der Waals surface area contributed by atoms with Crippen LogP contribution in [0.25, 0.3) is 0 Å². The number of nitrogens with zero attached hydrogens (tertiary/aromatic N) is 1. The lowest BCUT2D eigenvalue weighted by Crippen LogP contribution is -2.27. The third kappa shape index (κ3) is 4.37. The summed E-state index contributed by atoms with van der Waals surface area (Å²) in [7, 11) is 0. The minimum atomic E-state index is -0.557. The van der Waals surface area contributed by atoms with Crippen LogP contribution >= 0.6 is 27.5 Å². The zero-order chi connectivity index (χ0) is 12.3. The van der Waals surface area contributed by atoms with Gasteiger partial charge in [0.25, 0.3) is 0 Å². The van der Waals surface area contributed by atoms with E-state index in [0.717, 1.165) is 0 Å². The Morgan fingerprint density at radius 3 is 2.62 bits per heavy atom. The van der Waals surface area contributed by atoms with Crippen molar-refractivity contribution < 1.29 is 9.53 Å². The fourth-order valence-electron chi connectivity index (χ4n) is 0.895. The Bertz CT molecular complexity index is 404. The number of halogens is 2. The lowest BCUT2D eigenvalue weighted by atomic mass is 10.2. The number of nitrogens with one attached hydrogen (secondary N) is 1. The highest BCUT2D eigenvalue weighted by Crippen LogP contribution is 2.22. The zero-order valence-corrected chi connectivity index (χ0v) is 11.5. The van der Waals surface area contributed by atoms with Crippen molar-refractivity contribution >= 4 is 39.4 Å². The standard InChI is InChI=1S/C10H12BrClN2O2/c1-10(2,3)16-9(15)14-7-5-4-6(11)8(12)13-7/h4-5H,1-3H3,(H,13,14,15). The van der Waals surface area contributed by atoms with Crippen molar-refractivity contribution in [1.29, 1.82) is 0 Å². The third-order valence-corrected chi connectivity index (χ3v) is 2.59. The van der Waals surface area contributed by atoms with Crippen LogP contribution in [0.15, 0.2) is 16.6 Å². The summed E-state index contributed by atoms with van der Waals surface area (Å²) < 4.78 is 5.74. The van der Waals surface area contributed by atoms with Crippen LogP contribution < -0.4 is 5.32 Å². The molecule has 0 radical (unpaired) electrons. The molecule has 0 saturated carbocycles. The van der Waals surface area contributed by atoms with Crippen molar-refractivity contribution in [2.45, 2.75) is 26.4 Å². The SMILES string of the molecule is CC(C)(C)OC(=O)Nc1ccc(Br)c(Cl)n1. The van der Waals surface area contributed by atoms with Crippen molar-refractivity contribution in [1.82, 2.24) is 4.98 Å². The number of anilines is 1. The van der Waals surface area contributed by atoms with Gasteiger partial charge < -0.3 is 4.74 Å². The summed E-state index contributed by atoms with van der Waals surface area (Å²) in [5, 5.41) is 2.77. The molecule has 0 aliphatic heterocycles. The first-order valence-corrected chi connectivity index (χ1v) is 5.77. The fourth-order valence-corrected chi connectivity index (χ4v) is 1.27. The molecule has 1 rings (SSSR count). The summed E-state index contributed by atoms with van der Waals surface area (Å²) in [5.41, 5.74) is -0.538. The van der Waals surface area contributed by atoms with E-state index in [9.17, 15) is 4.79 Å². The van der Waals surface area contributed by atoms with Gasteiger partial charge in [-0.15, -0.1) is 0 Å². The van der Waals surface area contributed by atoms with Crippen LogP contribution in [0, 0.1) is 0 Å². The number of hydrogen-bond acceptors (Lipinski definition) is 3.